The van der Waals surface area contributed by atoms with Crippen molar-refractivity contribution in [1.82, 2.24) is 5.32 Å². The van der Waals surface area contributed by atoms with Crippen molar-refractivity contribution in [3.63, 3.8) is 0 Å². The molecule has 1 aliphatic carbocycles. The molecule has 1 saturated carbocycles. The molecule has 132 valence electrons. The van der Waals surface area contributed by atoms with Gasteiger partial charge in [0.25, 0.3) is 0 Å². The first-order valence-electron chi connectivity index (χ1n) is 8.28. The SMILES string of the molecule is I.NC(=NC1CCOc2ccccc21)N[C@@H]1C[C@H]1c1ccc(F)cc1. The number of aliphatic imine (C=N–C) groups is 1. The highest BCUT2D eigenvalue weighted by Gasteiger charge is 2.38. The van der Waals surface area contributed by atoms with Crippen molar-refractivity contribution in [3.8, 4) is 5.75 Å². The molecule has 4 nitrogen and oxygen atoms in total. The number of nitrogens with two attached hydrogens (primary N) is 1. The van der Waals surface area contributed by atoms with E-state index in [-0.39, 0.29) is 41.9 Å². The Kier molecular flexibility index (Phi) is 5.46. The number of guanidine groups is 1. The van der Waals surface area contributed by atoms with Gasteiger partial charge in [0.15, 0.2) is 5.96 Å². The number of para-hydroxylation sites is 1. The molecule has 0 bridgehead atoms. The van der Waals surface area contributed by atoms with Crippen LogP contribution in [0.2, 0.25) is 0 Å². The molecule has 0 radical (unpaired) electrons. The zero-order chi connectivity index (χ0) is 16.5. The van der Waals surface area contributed by atoms with Gasteiger partial charge in [-0.3, -0.25) is 0 Å². The van der Waals surface area contributed by atoms with E-state index in [0.29, 0.717) is 18.5 Å². The summed E-state index contributed by atoms with van der Waals surface area (Å²) in [5.74, 6) is 1.52. The molecular formula is C19H21FIN3O. The molecule has 3 atom stereocenters. The largest absolute Gasteiger partial charge is 0.493 e. The van der Waals surface area contributed by atoms with Crippen molar-refractivity contribution in [1.29, 1.82) is 0 Å². The van der Waals surface area contributed by atoms with E-state index in [9.17, 15) is 4.39 Å². The second kappa shape index (κ2) is 7.59. The van der Waals surface area contributed by atoms with E-state index in [4.69, 9.17) is 10.5 Å². The van der Waals surface area contributed by atoms with Crippen molar-refractivity contribution in [2.75, 3.05) is 6.61 Å². The number of fused-ring (bicyclic) bond motifs is 1. The number of rotatable bonds is 3. The molecule has 1 heterocycles. The minimum atomic E-state index is -0.205. The topological polar surface area (TPSA) is 59.6 Å². The zero-order valence-corrected chi connectivity index (χ0v) is 16.0. The van der Waals surface area contributed by atoms with Crippen LogP contribution in [0.5, 0.6) is 5.75 Å². The predicted molar refractivity (Wildman–Crippen MR) is 107 cm³/mol. The summed E-state index contributed by atoms with van der Waals surface area (Å²) in [6, 6.07) is 14.9. The van der Waals surface area contributed by atoms with Gasteiger partial charge in [-0.1, -0.05) is 30.3 Å². The van der Waals surface area contributed by atoms with Crippen LogP contribution in [0.3, 0.4) is 0 Å². The van der Waals surface area contributed by atoms with Gasteiger partial charge in [0, 0.05) is 23.9 Å². The molecule has 0 spiro atoms. The number of halogens is 2. The zero-order valence-electron chi connectivity index (χ0n) is 13.7. The Labute approximate surface area is 163 Å². The Bertz CT molecular complexity index is 766. The molecule has 1 fully saturated rings. The third-order valence-electron chi connectivity index (χ3n) is 4.64. The lowest BCUT2D eigenvalue weighted by Gasteiger charge is -2.23. The summed E-state index contributed by atoms with van der Waals surface area (Å²) in [6.07, 6.45) is 1.82. The van der Waals surface area contributed by atoms with Crippen LogP contribution in [-0.4, -0.2) is 18.6 Å². The standard InChI is InChI=1S/C19H20FN3O.HI/c20-13-7-5-12(6-8-13)15-11-17(15)23-19(21)22-16-9-10-24-18-4-2-1-3-14(16)18;/h1-8,15-17H,9-11H2,(H3,21,22,23);1H/t15-,16?,17+;/m0./s1. The molecule has 4 rings (SSSR count). The Morgan fingerprint density at radius 1 is 1.16 bits per heavy atom. The molecular weight excluding hydrogens is 432 g/mol. The summed E-state index contributed by atoms with van der Waals surface area (Å²) in [6.45, 7) is 0.653. The van der Waals surface area contributed by atoms with E-state index in [1.807, 2.05) is 36.4 Å². The van der Waals surface area contributed by atoms with Crippen LogP contribution >= 0.6 is 24.0 Å². The Morgan fingerprint density at radius 2 is 1.92 bits per heavy atom. The van der Waals surface area contributed by atoms with Crippen LogP contribution in [0.4, 0.5) is 4.39 Å². The van der Waals surface area contributed by atoms with Crippen molar-refractivity contribution in [2.24, 2.45) is 10.7 Å². The molecule has 6 heteroatoms. The molecule has 1 aliphatic heterocycles. The molecule has 0 aromatic heterocycles. The van der Waals surface area contributed by atoms with Gasteiger partial charge in [-0.05, 0) is 30.2 Å². The summed E-state index contributed by atoms with van der Waals surface area (Å²) >= 11 is 0. The lowest BCUT2D eigenvalue weighted by molar-refractivity contribution is 0.269. The van der Waals surface area contributed by atoms with Crippen molar-refractivity contribution < 1.29 is 9.13 Å². The molecule has 0 amide bonds. The fourth-order valence-corrected chi connectivity index (χ4v) is 3.29. The van der Waals surface area contributed by atoms with Crippen molar-refractivity contribution >= 4 is 29.9 Å². The second-order valence-corrected chi connectivity index (χ2v) is 6.35. The van der Waals surface area contributed by atoms with Crippen LogP contribution in [-0.2, 0) is 0 Å². The number of nitrogens with one attached hydrogen (secondary N) is 1. The maximum absolute atomic E-state index is 13.0. The third kappa shape index (κ3) is 4.05. The van der Waals surface area contributed by atoms with E-state index in [2.05, 4.69) is 10.3 Å². The van der Waals surface area contributed by atoms with Gasteiger partial charge >= 0.3 is 0 Å². The van der Waals surface area contributed by atoms with Crippen LogP contribution in [0.25, 0.3) is 0 Å². The fourth-order valence-electron chi connectivity index (χ4n) is 3.29. The predicted octanol–water partition coefficient (Wildman–Crippen LogP) is 3.73. The van der Waals surface area contributed by atoms with E-state index in [1.165, 1.54) is 12.1 Å². The summed E-state index contributed by atoms with van der Waals surface area (Å²) < 4.78 is 18.6. The minimum Gasteiger partial charge on any atom is -0.493 e. The molecule has 1 unspecified atom stereocenters. The number of hydrogen-bond donors (Lipinski definition) is 2. The second-order valence-electron chi connectivity index (χ2n) is 6.35. The monoisotopic (exact) mass is 453 g/mol. The summed E-state index contributed by atoms with van der Waals surface area (Å²) in [7, 11) is 0. The lowest BCUT2D eigenvalue weighted by atomic mass is 10.0. The molecule has 0 saturated heterocycles. The highest BCUT2D eigenvalue weighted by atomic mass is 127. The normalized spacial score (nSPS) is 24.5. The maximum Gasteiger partial charge on any atom is 0.189 e. The van der Waals surface area contributed by atoms with Crippen LogP contribution in [0.1, 0.15) is 35.9 Å². The smallest absolute Gasteiger partial charge is 0.189 e. The number of benzene rings is 2. The number of hydrogen-bond acceptors (Lipinski definition) is 2. The van der Waals surface area contributed by atoms with Gasteiger partial charge in [-0.15, -0.1) is 24.0 Å². The van der Waals surface area contributed by atoms with Crippen LogP contribution in [0.15, 0.2) is 53.5 Å². The van der Waals surface area contributed by atoms with Crippen molar-refractivity contribution in [2.45, 2.75) is 30.8 Å². The molecule has 2 aliphatic rings. The van der Waals surface area contributed by atoms with Gasteiger partial charge in [0.1, 0.15) is 11.6 Å². The Hall–Kier alpha value is -1.83. The summed E-state index contributed by atoms with van der Waals surface area (Å²) in [5, 5.41) is 3.29. The third-order valence-corrected chi connectivity index (χ3v) is 4.64. The molecule has 2 aromatic carbocycles. The van der Waals surface area contributed by atoms with Gasteiger partial charge < -0.3 is 15.8 Å². The highest BCUT2D eigenvalue weighted by molar-refractivity contribution is 14.0. The van der Waals surface area contributed by atoms with Crippen LogP contribution < -0.4 is 15.8 Å². The van der Waals surface area contributed by atoms with E-state index in [1.54, 1.807) is 0 Å². The number of nitrogens with zero attached hydrogens (tertiary/aromatic N) is 1. The average molecular weight is 453 g/mol. The summed E-state index contributed by atoms with van der Waals surface area (Å²) in [5.41, 5.74) is 8.33. The number of ether oxygens (including phenoxy) is 1. The van der Waals surface area contributed by atoms with E-state index in [0.717, 1.165) is 29.7 Å². The van der Waals surface area contributed by atoms with E-state index >= 15 is 0 Å². The molecule has 2 aromatic rings. The highest BCUT2D eigenvalue weighted by Crippen LogP contribution is 2.41. The quantitative estimate of drug-likeness (QED) is 0.423. The van der Waals surface area contributed by atoms with Gasteiger partial charge in [0.2, 0.25) is 0 Å². The lowest BCUT2D eigenvalue weighted by Crippen LogP contribution is -2.35. The van der Waals surface area contributed by atoms with Crippen LogP contribution in [0, 0.1) is 5.82 Å². The first kappa shape index (κ1) is 18.0. The maximum atomic E-state index is 13.0. The summed E-state index contributed by atoms with van der Waals surface area (Å²) in [4.78, 5) is 4.64. The molecule has 3 N–H and O–H groups in total. The van der Waals surface area contributed by atoms with Gasteiger partial charge in [0.05, 0.1) is 12.6 Å². The molecule has 25 heavy (non-hydrogen) atoms. The van der Waals surface area contributed by atoms with E-state index < -0.39 is 0 Å². The average Bonchev–Trinajstić information content (AvgIpc) is 3.35. The fraction of sp³-hybridized carbons (Fsp3) is 0.316. The first-order valence-corrected chi connectivity index (χ1v) is 8.28. The Morgan fingerprint density at radius 3 is 2.72 bits per heavy atom. The van der Waals surface area contributed by atoms with Crippen molar-refractivity contribution in [3.05, 3.63) is 65.5 Å². The van der Waals surface area contributed by atoms with Gasteiger partial charge in [-0.25, -0.2) is 9.38 Å². The Balaban J connectivity index is 0.00000182. The first-order chi connectivity index (χ1) is 11.7. The minimum absolute atomic E-state index is 0. The van der Waals surface area contributed by atoms with Gasteiger partial charge in [-0.2, -0.15) is 0 Å².